The smallest absolute Gasteiger partial charge is 0.126 e. The van der Waals surface area contributed by atoms with Gasteiger partial charge in [-0.15, -0.1) is 0 Å². The third-order valence-corrected chi connectivity index (χ3v) is 2.20. The van der Waals surface area contributed by atoms with Crippen molar-refractivity contribution in [2.45, 2.75) is 12.3 Å². The molecule has 2 rings (SSSR count). The van der Waals surface area contributed by atoms with Gasteiger partial charge >= 0.3 is 0 Å². The molecule has 0 aliphatic carbocycles. The average Bonchev–Trinajstić information content (AvgIpc) is 2.55. The van der Waals surface area contributed by atoms with E-state index in [0.29, 0.717) is 11.1 Å². The topological polar surface area (TPSA) is 40.7 Å². The molecule has 1 unspecified atom stereocenters. The number of hydrogen-bond acceptors (Lipinski definition) is 2. The van der Waals surface area contributed by atoms with E-state index in [9.17, 15) is 0 Å². The fraction of sp³-hybridized carbons (Fsp3) is 0.571. The Balaban J connectivity index is 2.15. The molecule has 1 fully saturated rings. The van der Waals surface area contributed by atoms with Gasteiger partial charge in [-0.05, 0) is 13.0 Å². The first-order valence-corrected chi connectivity index (χ1v) is 4.15. The highest BCUT2D eigenvalue weighted by Gasteiger charge is 2.18. The Morgan fingerprint density at radius 3 is 3.09 bits per heavy atom. The van der Waals surface area contributed by atoms with Gasteiger partial charge in [0.05, 0.1) is 6.20 Å². The van der Waals surface area contributed by atoms with Gasteiger partial charge in [-0.2, -0.15) is 0 Å². The Bertz CT molecular complexity index is 240. The predicted octanol–water partition coefficient (Wildman–Crippen LogP) is 1.14. The van der Waals surface area contributed by atoms with Crippen LogP contribution in [0, 0.1) is 0 Å². The van der Waals surface area contributed by atoms with Gasteiger partial charge in [0, 0.05) is 12.5 Å². The molecular formula is C7H10ClN3. The van der Waals surface area contributed by atoms with Crippen LogP contribution in [0.25, 0.3) is 0 Å². The van der Waals surface area contributed by atoms with Gasteiger partial charge in [0.15, 0.2) is 0 Å². The van der Waals surface area contributed by atoms with Crippen LogP contribution in [0.2, 0.25) is 5.15 Å². The fourth-order valence-corrected chi connectivity index (χ4v) is 1.55. The summed E-state index contributed by atoms with van der Waals surface area (Å²) in [4.78, 5) is 7.20. The molecule has 0 spiro atoms. The molecule has 0 bridgehead atoms. The summed E-state index contributed by atoms with van der Waals surface area (Å²) >= 11 is 5.70. The largest absolute Gasteiger partial charge is 0.333 e. The van der Waals surface area contributed by atoms with Crippen molar-refractivity contribution in [2.24, 2.45) is 0 Å². The van der Waals surface area contributed by atoms with Crippen LogP contribution in [0.5, 0.6) is 0 Å². The molecule has 1 atom stereocenters. The molecule has 3 nitrogen and oxygen atoms in total. The molecule has 0 saturated carbocycles. The lowest BCUT2D eigenvalue weighted by atomic mass is 10.1. The summed E-state index contributed by atoms with van der Waals surface area (Å²) in [7, 11) is 0. The quantitative estimate of drug-likeness (QED) is 0.666. The van der Waals surface area contributed by atoms with E-state index in [-0.39, 0.29) is 0 Å². The lowest BCUT2D eigenvalue weighted by molar-refractivity contribution is 0.714. The van der Waals surface area contributed by atoms with Crippen LogP contribution in [0.1, 0.15) is 18.2 Å². The summed E-state index contributed by atoms with van der Waals surface area (Å²) in [5, 5.41) is 3.91. The molecule has 0 radical (unpaired) electrons. The van der Waals surface area contributed by atoms with Crippen LogP contribution in [0.3, 0.4) is 0 Å². The molecule has 1 aliphatic rings. The number of nitrogens with zero attached hydrogens (tertiary/aromatic N) is 1. The monoisotopic (exact) mass is 171 g/mol. The zero-order valence-corrected chi connectivity index (χ0v) is 6.86. The van der Waals surface area contributed by atoms with E-state index in [0.717, 1.165) is 25.3 Å². The van der Waals surface area contributed by atoms with Gasteiger partial charge in [-0.3, -0.25) is 0 Å². The summed E-state index contributed by atoms with van der Waals surface area (Å²) in [5.41, 5.74) is 0. The van der Waals surface area contributed by atoms with Crippen molar-refractivity contribution >= 4 is 11.6 Å². The van der Waals surface area contributed by atoms with E-state index >= 15 is 0 Å². The van der Waals surface area contributed by atoms with E-state index in [1.165, 1.54) is 0 Å². The van der Waals surface area contributed by atoms with Crippen molar-refractivity contribution in [3.05, 3.63) is 17.2 Å². The van der Waals surface area contributed by atoms with Crippen molar-refractivity contribution in [3.63, 3.8) is 0 Å². The molecule has 11 heavy (non-hydrogen) atoms. The van der Waals surface area contributed by atoms with Crippen LogP contribution in [-0.4, -0.2) is 23.1 Å². The van der Waals surface area contributed by atoms with E-state index in [4.69, 9.17) is 11.6 Å². The molecule has 2 N–H and O–H groups in total. The third kappa shape index (κ3) is 1.39. The molecule has 0 aromatic carbocycles. The highest BCUT2D eigenvalue weighted by Crippen LogP contribution is 2.19. The molecule has 1 aliphatic heterocycles. The summed E-state index contributed by atoms with van der Waals surface area (Å²) in [5.74, 6) is 1.54. The number of H-pyrrole nitrogens is 1. The number of imidazole rings is 1. The van der Waals surface area contributed by atoms with E-state index in [1.807, 2.05) is 0 Å². The second-order valence-electron chi connectivity index (χ2n) is 2.81. The Hall–Kier alpha value is -0.540. The second kappa shape index (κ2) is 2.83. The molecular weight excluding hydrogens is 162 g/mol. The van der Waals surface area contributed by atoms with Crippen molar-refractivity contribution in [1.82, 2.24) is 15.3 Å². The fourth-order valence-electron chi connectivity index (χ4n) is 1.41. The minimum atomic E-state index is 0.530. The van der Waals surface area contributed by atoms with Gasteiger partial charge in [-0.1, -0.05) is 11.6 Å². The minimum Gasteiger partial charge on any atom is -0.333 e. The lowest BCUT2D eigenvalue weighted by Gasteiger charge is -2.01. The standard InChI is InChI=1S/C7H10ClN3/c8-6-4-10-7(11-6)5-1-2-9-3-5/h4-5,9H,1-3H2,(H,10,11). The molecule has 0 amide bonds. The van der Waals surface area contributed by atoms with Gasteiger partial charge in [0.25, 0.3) is 0 Å². The van der Waals surface area contributed by atoms with Crippen molar-refractivity contribution in [3.8, 4) is 0 Å². The Morgan fingerprint density at radius 2 is 2.55 bits per heavy atom. The molecule has 60 valence electrons. The third-order valence-electron chi connectivity index (χ3n) is 2.01. The Kier molecular flexibility index (Phi) is 1.84. The van der Waals surface area contributed by atoms with Crippen molar-refractivity contribution in [1.29, 1.82) is 0 Å². The van der Waals surface area contributed by atoms with Crippen LogP contribution >= 0.6 is 11.6 Å². The van der Waals surface area contributed by atoms with Crippen LogP contribution in [-0.2, 0) is 0 Å². The maximum Gasteiger partial charge on any atom is 0.126 e. The van der Waals surface area contributed by atoms with E-state index in [2.05, 4.69) is 15.3 Å². The maximum absolute atomic E-state index is 5.70. The van der Waals surface area contributed by atoms with Crippen LogP contribution in [0.15, 0.2) is 6.20 Å². The lowest BCUT2D eigenvalue weighted by Crippen LogP contribution is -2.08. The highest BCUT2D eigenvalue weighted by molar-refractivity contribution is 6.29. The van der Waals surface area contributed by atoms with Gasteiger partial charge in [0.1, 0.15) is 11.0 Å². The summed E-state index contributed by atoms with van der Waals surface area (Å²) in [6.07, 6.45) is 2.82. The number of rotatable bonds is 1. The first kappa shape index (κ1) is 7.13. The molecule has 1 aromatic heterocycles. The Labute approximate surface area is 70.2 Å². The SMILES string of the molecule is Clc1cnc(C2CCNC2)[nH]1. The molecule has 2 heterocycles. The van der Waals surface area contributed by atoms with Gasteiger partial charge in [-0.25, -0.2) is 4.98 Å². The van der Waals surface area contributed by atoms with Gasteiger partial charge < -0.3 is 10.3 Å². The van der Waals surface area contributed by atoms with E-state index in [1.54, 1.807) is 6.20 Å². The zero-order valence-electron chi connectivity index (χ0n) is 6.10. The molecule has 1 aromatic rings. The average molecular weight is 172 g/mol. The number of halogens is 1. The predicted molar refractivity (Wildman–Crippen MR) is 43.8 cm³/mol. The first-order chi connectivity index (χ1) is 5.36. The zero-order chi connectivity index (χ0) is 7.68. The molecule has 1 saturated heterocycles. The van der Waals surface area contributed by atoms with Crippen molar-refractivity contribution < 1.29 is 0 Å². The number of hydrogen-bond donors (Lipinski definition) is 2. The highest BCUT2D eigenvalue weighted by atomic mass is 35.5. The molecule has 4 heteroatoms. The summed E-state index contributed by atoms with van der Waals surface area (Å²) < 4.78 is 0. The minimum absolute atomic E-state index is 0.530. The van der Waals surface area contributed by atoms with Crippen LogP contribution in [0.4, 0.5) is 0 Å². The van der Waals surface area contributed by atoms with Crippen molar-refractivity contribution in [2.75, 3.05) is 13.1 Å². The number of nitrogens with one attached hydrogen (secondary N) is 2. The summed E-state index contributed by atoms with van der Waals surface area (Å²) in [6.45, 7) is 2.10. The second-order valence-corrected chi connectivity index (χ2v) is 3.21. The number of aromatic amines is 1. The summed E-state index contributed by atoms with van der Waals surface area (Å²) in [6, 6.07) is 0. The first-order valence-electron chi connectivity index (χ1n) is 3.77. The van der Waals surface area contributed by atoms with Crippen LogP contribution < -0.4 is 5.32 Å². The maximum atomic E-state index is 5.70. The normalized spacial score (nSPS) is 24.3. The Morgan fingerprint density at radius 1 is 1.64 bits per heavy atom. The van der Waals surface area contributed by atoms with E-state index < -0.39 is 0 Å². The number of aromatic nitrogens is 2. The van der Waals surface area contributed by atoms with Gasteiger partial charge in [0.2, 0.25) is 0 Å².